The number of benzene rings is 1. The molecule has 114 valence electrons. The first-order valence-electron chi connectivity index (χ1n) is 6.58. The fourth-order valence-corrected chi connectivity index (χ4v) is 3.49. The lowest BCUT2D eigenvalue weighted by molar-refractivity contribution is 0.470. The predicted octanol–water partition coefficient (Wildman–Crippen LogP) is 5.06. The minimum Gasteiger partial charge on any atom is -0.428 e. The molecule has 0 saturated heterocycles. The zero-order valence-corrected chi connectivity index (χ0v) is 14.6. The summed E-state index contributed by atoms with van der Waals surface area (Å²) >= 11 is 10.9. The van der Waals surface area contributed by atoms with Crippen LogP contribution in [0.2, 0.25) is 5.02 Å². The van der Waals surface area contributed by atoms with Crippen LogP contribution in [0, 0.1) is 0 Å². The molecule has 3 heterocycles. The van der Waals surface area contributed by atoms with Gasteiger partial charge in [-0.3, -0.25) is 4.98 Å². The Morgan fingerprint density at radius 1 is 1.26 bits per heavy atom. The first-order valence-corrected chi connectivity index (χ1v) is 8.57. The molecular formula is C15H8BrClN4OS. The molecule has 0 saturated carbocycles. The SMILES string of the molecule is Clc1cc(Br)ccc1Oc1nn2cc(-c3cccnc3)nc2s1. The zero-order valence-electron chi connectivity index (χ0n) is 11.5. The molecule has 5 nitrogen and oxygen atoms in total. The van der Waals surface area contributed by atoms with Crippen molar-refractivity contribution in [3.63, 3.8) is 0 Å². The molecule has 0 spiro atoms. The normalized spacial score (nSPS) is 11.0. The van der Waals surface area contributed by atoms with Gasteiger partial charge in [0.05, 0.1) is 16.9 Å². The van der Waals surface area contributed by atoms with E-state index in [9.17, 15) is 0 Å². The van der Waals surface area contributed by atoms with Crippen LogP contribution >= 0.6 is 38.9 Å². The van der Waals surface area contributed by atoms with Gasteiger partial charge in [0.1, 0.15) is 5.75 Å². The lowest BCUT2D eigenvalue weighted by Gasteiger charge is -2.03. The van der Waals surface area contributed by atoms with Crippen molar-refractivity contribution in [3.05, 3.63) is 58.4 Å². The van der Waals surface area contributed by atoms with Crippen molar-refractivity contribution in [3.8, 4) is 22.2 Å². The smallest absolute Gasteiger partial charge is 0.299 e. The van der Waals surface area contributed by atoms with Crippen LogP contribution in [-0.2, 0) is 0 Å². The molecule has 0 aliphatic heterocycles. The summed E-state index contributed by atoms with van der Waals surface area (Å²) in [7, 11) is 0. The fraction of sp³-hybridized carbons (Fsp3) is 0. The second kappa shape index (κ2) is 5.92. The van der Waals surface area contributed by atoms with E-state index in [0.717, 1.165) is 20.7 Å². The molecule has 3 aromatic heterocycles. The van der Waals surface area contributed by atoms with Gasteiger partial charge in [0.15, 0.2) is 0 Å². The van der Waals surface area contributed by atoms with E-state index in [0.29, 0.717) is 16.0 Å². The number of pyridine rings is 1. The lowest BCUT2D eigenvalue weighted by Crippen LogP contribution is -1.87. The highest BCUT2D eigenvalue weighted by Gasteiger charge is 2.12. The number of halogens is 2. The monoisotopic (exact) mass is 406 g/mol. The molecule has 0 amide bonds. The quantitative estimate of drug-likeness (QED) is 0.476. The highest BCUT2D eigenvalue weighted by Crippen LogP contribution is 2.34. The Hall–Kier alpha value is -1.96. The van der Waals surface area contributed by atoms with Gasteiger partial charge in [-0.1, -0.05) is 27.5 Å². The number of imidazole rings is 1. The molecule has 0 radical (unpaired) electrons. The van der Waals surface area contributed by atoms with Crippen LogP contribution in [0.1, 0.15) is 0 Å². The fourth-order valence-electron chi connectivity index (χ4n) is 2.03. The molecule has 0 fully saturated rings. The van der Waals surface area contributed by atoms with Gasteiger partial charge in [-0.05, 0) is 41.7 Å². The van der Waals surface area contributed by atoms with Gasteiger partial charge in [-0.25, -0.2) is 9.50 Å². The Balaban J connectivity index is 1.64. The number of ether oxygens (including phenoxy) is 1. The first-order chi connectivity index (χ1) is 11.2. The Bertz CT molecular complexity index is 954. The summed E-state index contributed by atoms with van der Waals surface area (Å²) in [5, 5.41) is 5.38. The summed E-state index contributed by atoms with van der Waals surface area (Å²) in [6.07, 6.45) is 5.35. The largest absolute Gasteiger partial charge is 0.428 e. The highest BCUT2D eigenvalue weighted by atomic mass is 79.9. The van der Waals surface area contributed by atoms with Gasteiger partial charge in [-0.15, -0.1) is 5.10 Å². The average Bonchev–Trinajstić information content (AvgIpc) is 3.09. The van der Waals surface area contributed by atoms with Crippen molar-refractivity contribution >= 4 is 43.8 Å². The van der Waals surface area contributed by atoms with E-state index in [1.807, 2.05) is 24.4 Å². The van der Waals surface area contributed by atoms with Crippen molar-refractivity contribution in [2.24, 2.45) is 0 Å². The van der Waals surface area contributed by atoms with E-state index in [-0.39, 0.29) is 0 Å². The molecule has 0 bridgehead atoms. The molecule has 0 unspecified atom stereocenters. The van der Waals surface area contributed by atoms with E-state index in [2.05, 4.69) is 31.0 Å². The summed E-state index contributed by atoms with van der Waals surface area (Å²) < 4.78 is 8.32. The molecule has 23 heavy (non-hydrogen) atoms. The number of fused-ring (bicyclic) bond motifs is 1. The van der Waals surface area contributed by atoms with E-state index in [4.69, 9.17) is 16.3 Å². The van der Waals surface area contributed by atoms with Crippen LogP contribution < -0.4 is 4.74 Å². The standard InChI is InChI=1S/C15H8BrClN4OS/c16-10-3-4-13(11(17)6-10)22-15-20-21-8-12(19-14(21)23-15)9-2-1-5-18-7-9/h1-8H. The van der Waals surface area contributed by atoms with Gasteiger partial charge >= 0.3 is 0 Å². The predicted molar refractivity (Wildman–Crippen MR) is 93.3 cm³/mol. The first kappa shape index (κ1) is 14.6. The van der Waals surface area contributed by atoms with Crippen molar-refractivity contribution in [2.75, 3.05) is 0 Å². The van der Waals surface area contributed by atoms with Gasteiger partial charge in [0.2, 0.25) is 4.96 Å². The van der Waals surface area contributed by atoms with E-state index in [1.165, 1.54) is 11.3 Å². The second-order valence-corrected chi connectivity index (χ2v) is 6.88. The van der Waals surface area contributed by atoms with Crippen LogP contribution in [0.4, 0.5) is 0 Å². The Labute approximate surface area is 148 Å². The number of hydrogen-bond acceptors (Lipinski definition) is 5. The van der Waals surface area contributed by atoms with Crippen LogP contribution in [-0.4, -0.2) is 19.6 Å². The van der Waals surface area contributed by atoms with Crippen LogP contribution in [0.25, 0.3) is 16.2 Å². The third-order valence-electron chi connectivity index (χ3n) is 3.07. The maximum Gasteiger partial charge on any atom is 0.299 e. The molecule has 1 aromatic carbocycles. The van der Waals surface area contributed by atoms with Gasteiger partial charge in [-0.2, -0.15) is 0 Å². The Kier molecular flexibility index (Phi) is 3.76. The van der Waals surface area contributed by atoms with E-state index >= 15 is 0 Å². The Morgan fingerprint density at radius 2 is 2.17 bits per heavy atom. The molecular weight excluding hydrogens is 400 g/mol. The molecule has 0 atom stereocenters. The zero-order chi connectivity index (χ0) is 15.8. The third-order valence-corrected chi connectivity index (χ3v) is 4.66. The summed E-state index contributed by atoms with van der Waals surface area (Å²) in [5.41, 5.74) is 1.77. The maximum atomic E-state index is 6.15. The molecule has 8 heteroatoms. The summed E-state index contributed by atoms with van der Waals surface area (Å²) in [6, 6.07) is 9.26. The average molecular weight is 408 g/mol. The van der Waals surface area contributed by atoms with E-state index < -0.39 is 0 Å². The number of aromatic nitrogens is 4. The summed E-state index contributed by atoms with van der Waals surface area (Å²) in [4.78, 5) is 9.38. The number of hydrogen-bond donors (Lipinski definition) is 0. The molecule has 0 aliphatic carbocycles. The van der Waals surface area contributed by atoms with Crippen molar-refractivity contribution in [1.82, 2.24) is 19.6 Å². The number of rotatable bonds is 3. The lowest BCUT2D eigenvalue weighted by atomic mass is 10.2. The van der Waals surface area contributed by atoms with Crippen molar-refractivity contribution in [2.45, 2.75) is 0 Å². The molecule has 0 N–H and O–H groups in total. The van der Waals surface area contributed by atoms with Gasteiger partial charge in [0, 0.05) is 22.4 Å². The molecule has 4 rings (SSSR count). The Morgan fingerprint density at radius 3 is 2.91 bits per heavy atom. The minimum atomic E-state index is 0.481. The summed E-state index contributed by atoms with van der Waals surface area (Å²) in [5.74, 6) is 0.555. The van der Waals surface area contributed by atoms with Crippen LogP contribution in [0.15, 0.2) is 53.4 Å². The molecule has 4 aromatic rings. The van der Waals surface area contributed by atoms with Crippen LogP contribution in [0.5, 0.6) is 10.9 Å². The number of nitrogens with zero attached hydrogens (tertiary/aromatic N) is 4. The van der Waals surface area contributed by atoms with Crippen LogP contribution in [0.3, 0.4) is 0 Å². The maximum absolute atomic E-state index is 6.15. The van der Waals surface area contributed by atoms with Gasteiger partial charge in [0.25, 0.3) is 5.19 Å². The molecule has 0 aliphatic rings. The highest BCUT2D eigenvalue weighted by molar-refractivity contribution is 9.10. The second-order valence-electron chi connectivity index (χ2n) is 4.64. The van der Waals surface area contributed by atoms with Crippen molar-refractivity contribution < 1.29 is 4.74 Å². The van der Waals surface area contributed by atoms with Crippen molar-refractivity contribution in [1.29, 1.82) is 0 Å². The summed E-state index contributed by atoms with van der Waals surface area (Å²) in [6.45, 7) is 0. The topological polar surface area (TPSA) is 52.3 Å². The minimum absolute atomic E-state index is 0.481. The van der Waals surface area contributed by atoms with E-state index in [1.54, 1.807) is 29.0 Å². The van der Waals surface area contributed by atoms with Gasteiger partial charge < -0.3 is 4.74 Å². The third kappa shape index (κ3) is 2.95.